The number of hydrogen-bond donors (Lipinski definition) is 0. The summed E-state index contributed by atoms with van der Waals surface area (Å²) in [4.78, 5) is 4.34. The van der Waals surface area contributed by atoms with Crippen LogP contribution in [0.3, 0.4) is 0 Å². The predicted octanol–water partition coefficient (Wildman–Crippen LogP) is 3.31. The zero-order chi connectivity index (χ0) is 18.7. The van der Waals surface area contributed by atoms with Gasteiger partial charge in [-0.2, -0.15) is 4.31 Å². The number of benzene rings is 2. The molecule has 6 nitrogen and oxygen atoms in total. The van der Waals surface area contributed by atoms with E-state index in [4.69, 9.17) is 9.15 Å². The van der Waals surface area contributed by atoms with Crippen molar-refractivity contribution in [3.05, 3.63) is 66.3 Å². The van der Waals surface area contributed by atoms with Crippen LogP contribution in [0.15, 0.2) is 64.1 Å². The normalized spacial score (nSPS) is 11.7. The maximum Gasteiger partial charge on any atom is 0.243 e. The van der Waals surface area contributed by atoms with Crippen molar-refractivity contribution in [3.63, 3.8) is 0 Å². The fourth-order valence-electron chi connectivity index (χ4n) is 2.35. The first-order valence-corrected chi connectivity index (χ1v) is 9.15. The number of hydrogen-bond acceptors (Lipinski definition) is 5. The standard InChI is InChI=1S/C18H17FN2O4S/c1-21(26(22,23)17-9-5-14(19)6-10-17)11-15-12-25-18(20-15)13-3-7-16(24-2)8-4-13/h3-10,12H,11H2,1-2H3. The van der Waals surface area contributed by atoms with Crippen molar-refractivity contribution in [1.82, 2.24) is 9.29 Å². The summed E-state index contributed by atoms with van der Waals surface area (Å²) in [5, 5.41) is 0. The predicted molar refractivity (Wildman–Crippen MR) is 93.5 cm³/mol. The van der Waals surface area contributed by atoms with Gasteiger partial charge in [-0.3, -0.25) is 0 Å². The number of aromatic nitrogens is 1. The molecule has 0 aliphatic rings. The molecule has 1 aromatic heterocycles. The third-order valence-corrected chi connectivity index (χ3v) is 5.61. The van der Waals surface area contributed by atoms with Gasteiger partial charge in [0.2, 0.25) is 15.9 Å². The maximum absolute atomic E-state index is 13.0. The van der Waals surface area contributed by atoms with E-state index in [1.165, 1.54) is 25.4 Å². The summed E-state index contributed by atoms with van der Waals surface area (Å²) >= 11 is 0. The smallest absolute Gasteiger partial charge is 0.243 e. The molecule has 2 aromatic carbocycles. The van der Waals surface area contributed by atoms with E-state index in [1.807, 2.05) is 0 Å². The van der Waals surface area contributed by atoms with Gasteiger partial charge in [-0.15, -0.1) is 0 Å². The van der Waals surface area contributed by atoms with Crippen molar-refractivity contribution in [2.45, 2.75) is 11.4 Å². The summed E-state index contributed by atoms with van der Waals surface area (Å²) in [5.41, 5.74) is 1.21. The summed E-state index contributed by atoms with van der Waals surface area (Å²) in [5.74, 6) is 0.605. The van der Waals surface area contributed by atoms with E-state index in [2.05, 4.69) is 4.98 Å². The van der Waals surface area contributed by atoms with E-state index in [-0.39, 0.29) is 11.4 Å². The Morgan fingerprint density at radius 2 is 1.77 bits per heavy atom. The number of halogens is 1. The SMILES string of the molecule is COc1ccc(-c2nc(CN(C)S(=O)(=O)c3ccc(F)cc3)co2)cc1. The van der Waals surface area contributed by atoms with Gasteiger partial charge in [-0.25, -0.2) is 17.8 Å². The van der Waals surface area contributed by atoms with Crippen LogP contribution in [-0.2, 0) is 16.6 Å². The molecule has 0 aliphatic carbocycles. The number of sulfonamides is 1. The van der Waals surface area contributed by atoms with Crippen molar-refractivity contribution < 1.29 is 22.0 Å². The van der Waals surface area contributed by atoms with Crippen molar-refractivity contribution >= 4 is 10.0 Å². The zero-order valence-electron chi connectivity index (χ0n) is 14.2. The number of oxazole rings is 1. The molecule has 0 amide bonds. The van der Waals surface area contributed by atoms with Crippen LogP contribution in [0.2, 0.25) is 0 Å². The Hall–Kier alpha value is -2.71. The molecule has 0 radical (unpaired) electrons. The highest BCUT2D eigenvalue weighted by Crippen LogP contribution is 2.23. The van der Waals surface area contributed by atoms with Gasteiger partial charge < -0.3 is 9.15 Å². The Labute approximate surface area is 150 Å². The second kappa shape index (κ2) is 7.27. The van der Waals surface area contributed by atoms with Gasteiger partial charge in [0, 0.05) is 12.6 Å². The molecule has 3 aromatic rings. The highest BCUT2D eigenvalue weighted by atomic mass is 32.2. The van der Waals surface area contributed by atoms with E-state index in [1.54, 1.807) is 31.4 Å². The largest absolute Gasteiger partial charge is 0.497 e. The molecule has 0 saturated carbocycles. The lowest BCUT2D eigenvalue weighted by Gasteiger charge is -2.15. The molecule has 0 aliphatic heterocycles. The van der Waals surface area contributed by atoms with Crippen molar-refractivity contribution in [2.24, 2.45) is 0 Å². The maximum atomic E-state index is 13.0. The monoisotopic (exact) mass is 376 g/mol. The number of rotatable bonds is 6. The van der Waals surface area contributed by atoms with Crippen LogP contribution in [0.4, 0.5) is 4.39 Å². The Kier molecular flexibility index (Phi) is 5.06. The Balaban J connectivity index is 1.76. The Morgan fingerprint density at radius 3 is 2.38 bits per heavy atom. The summed E-state index contributed by atoms with van der Waals surface area (Å²) in [6, 6.07) is 11.8. The molecule has 0 fully saturated rings. The van der Waals surface area contributed by atoms with Crippen molar-refractivity contribution in [1.29, 1.82) is 0 Å². The van der Waals surface area contributed by atoms with Gasteiger partial charge >= 0.3 is 0 Å². The summed E-state index contributed by atoms with van der Waals surface area (Å²) < 4.78 is 49.7. The van der Waals surface area contributed by atoms with Crippen LogP contribution >= 0.6 is 0 Å². The van der Waals surface area contributed by atoms with Crippen LogP contribution < -0.4 is 4.74 Å². The minimum absolute atomic E-state index is 0.0141. The molecular formula is C18H17FN2O4S. The molecule has 0 spiro atoms. The molecule has 0 N–H and O–H groups in total. The molecule has 3 rings (SSSR count). The van der Waals surface area contributed by atoms with Gasteiger partial charge in [0.05, 0.1) is 24.2 Å². The number of nitrogens with zero attached hydrogens (tertiary/aromatic N) is 2. The average molecular weight is 376 g/mol. The lowest BCUT2D eigenvalue weighted by molar-refractivity contribution is 0.415. The molecule has 0 unspecified atom stereocenters. The molecular weight excluding hydrogens is 359 g/mol. The van der Waals surface area contributed by atoms with Gasteiger partial charge in [0.15, 0.2) is 0 Å². The summed E-state index contributed by atoms with van der Waals surface area (Å²) in [6.07, 6.45) is 1.41. The molecule has 8 heteroatoms. The van der Waals surface area contributed by atoms with Crippen LogP contribution in [0.25, 0.3) is 11.5 Å². The highest BCUT2D eigenvalue weighted by molar-refractivity contribution is 7.89. The minimum atomic E-state index is -3.75. The molecule has 136 valence electrons. The van der Waals surface area contributed by atoms with E-state index >= 15 is 0 Å². The first kappa shape index (κ1) is 18.1. The van der Waals surface area contributed by atoms with E-state index < -0.39 is 15.8 Å². The van der Waals surface area contributed by atoms with Crippen molar-refractivity contribution in [2.75, 3.05) is 14.2 Å². The topological polar surface area (TPSA) is 72.6 Å². The summed E-state index contributed by atoms with van der Waals surface area (Å²) in [6.45, 7) is 0.0271. The van der Waals surface area contributed by atoms with Crippen molar-refractivity contribution in [3.8, 4) is 17.2 Å². The average Bonchev–Trinajstić information content (AvgIpc) is 3.10. The second-order valence-corrected chi connectivity index (χ2v) is 7.63. The highest BCUT2D eigenvalue weighted by Gasteiger charge is 2.22. The third kappa shape index (κ3) is 3.76. The van der Waals surface area contributed by atoms with E-state index in [9.17, 15) is 12.8 Å². The fraction of sp³-hybridized carbons (Fsp3) is 0.167. The molecule has 1 heterocycles. The fourth-order valence-corrected chi connectivity index (χ4v) is 3.49. The lowest BCUT2D eigenvalue weighted by Crippen LogP contribution is -2.26. The quantitative estimate of drug-likeness (QED) is 0.660. The van der Waals surface area contributed by atoms with Gasteiger partial charge in [-0.1, -0.05) is 0 Å². The second-order valence-electron chi connectivity index (χ2n) is 5.59. The van der Waals surface area contributed by atoms with Crippen LogP contribution in [0.1, 0.15) is 5.69 Å². The lowest BCUT2D eigenvalue weighted by atomic mass is 10.2. The van der Waals surface area contributed by atoms with Crippen LogP contribution in [0, 0.1) is 5.82 Å². The minimum Gasteiger partial charge on any atom is -0.497 e. The van der Waals surface area contributed by atoms with Gasteiger partial charge in [0.1, 0.15) is 17.8 Å². The molecule has 0 saturated heterocycles. The first-order valence-electron chi connectivity index (χ1n) is 7.71. The van der Waals surface area contributed by atoms with Crippen LogP contribution in [-0.4, -0.2) is 31.9 Å². The molecule has 26 heavy (non-hydrogen) atoms. The molecule has 0 atom stereocenters. The first-order chi connectivity index (χ1) is 12.4. The van der Waals surface area contributed by atoms with E-state index in [0.29, 0.717) is 17.3 Å². The Bertz CT molecular complexity index is 983. The van der Waals surface area contributed by atoms with Crippen LogP contribution in [0.5, 0.6) is 5.75 Å². The number of ether oxygens (including phenoxy) is 1. The Morgan fingerprint density at radius 1 is 1.12 bits per heavy atom. The summed E-state index contributed by atoms with van der Waals surface area (Å²) in [7, 11) is -0.740. The number of methoxy groups -OCH3 is 1. The van der Waals surface area contributed by atoms with Gasteiger partial charge in [-0.05, 0) is 48.5 Å². The third-order valence-electron chi connectivity index (χ3n) is 3.80. The molecule has 0 bridgehead atoms. The van der Waals surface area contributed by atoms with E-state index in [0.717, 1.165) is 22.0 Å². The van der Waals surface area contributed by atoms with Gasteiger partial charge in [0.25, 0.3) is 0 Å². The zero-order valence-corrected chi connectivity index (χ0v) is 15.0.